The highest BCUT2D eigenvalue weighted by Crippen LogP contribution is 2.14. The van der Waals surface area contributed by atoms with E-state index >= 15 is 0 Å². The van der Waals surface area contributed by atoms with Gasteiger partial charge in [0.25, 0.3) is 0 Å². The van der Waals surface area contributed by atoms with Crippen LogP contribution >= 0.6 is 11.3 Å². The molecule has 0 atom stereocenters. The van der Waals surface area contributed by atoms with Crippen molar-refractivity contribution in [1.29, 1.82) is 0 Å². The van der Waals surface area contributed by atoms with Gasteiger partial charge in [-0.05, 0) is 25.1 Å². The maximum absolute atomic E-state index is 13.4. The van der Waals surface area contributed by atoms with Crippen molar-refractivity contribution in [2.24, 2.45) is 5.10 Å². The molecule has 18 heavy (non-hydrogen) atoms. The van der Waals surface area contributed by atoms with E-state index in [1.807, 2.05) is 12.3 Å². The molecule has 0 spiro atoms. The van der Waals surface area contributed by atoms with Gasteiger partial charge in [0.05, 0.1) is 11.9 Å². The van der Waals surface area contributed by atoms with Crippen molar-refractivity contribution in [3.05, 3.63) is 46.2 Å². The highest BCUT2D eigenvalue weighted by Gasteiger charge is 2.00. The molecule has 90 valence electrons. The molecule has 1 aromatic heterocycles. The van der Waals surface area contributed by atoms with Crippen LogP contribution in [0.5, 0.6) is 0 Å². The van der Waals surface area contributed by atoms with Gasteiger partial charge in [0.2, 0.25) is 5.13 Å². The van der Waals surface area contributed by atoms with Gasteiger partial charge < -0.3 is 0 Å². The van der Waals surface area contributed by atoms with E-state index in [2.05, 4.69) is 21.4 Å². The topological polar surface area (TPSA) is 37.3 Å². The number of rotatable bonds is 3. The first-order valence-electron chi connectivity index (χ1n) is 5.16. The van der Waals surface area contributed by atoms with E-state index in [0.29, 0.717) is 16.3 Å². The van der Waals surface area contributed by atoms with Gasteiger partial charge in [0, 0.05) is 16.5 Å². The normalized spacial score (nSPS) is 10.5. The highest BCUT2D eigenvalue weighted by molar-refractivity contribution is 7.13. The molecule has 0 fully saturated rings. The van der Waals surface area contributed by atoms with E-state index in [1.165, 1.54) is 23.6 Å². The fraction of sp³-hybridized carbons (Fsp3) is 0.0769. The van der Waals surface area contributed by atoms with Gasteiger partial charge in [0.15, 0.2) is 0 Å². The average molecular weight is 259 g/mol. The summed E-state index contributed by atoms with van der Waals surface area (Å²) in [4.78, 5) is 4.17. The highest BCUT2D eigenvalue weighted by atomic mass is 32.1. The largest absolute Gasteiger partial charge is 0.253 e. The summed E-state index contributed by atoms with van der Waals surface area (Å²) in [6.45, 7) is 1.89. The minimum atomic E-state index is -0.366. The molecule has 1 N–H and O–H groups in total. The first-order valence-corrected chi connectivity index (χ1v) is 6.04. The van der Waals surface area contributed by atoms with Gasteiger partial charge in [-0.3, -0.25) is 5.43 Å². The third kappa shape index (κ3) is 2.93. The summed E-state index contributed by atoms with van der Waals surface area (Å²) in [5.41, 5.74) is 4.61. The minimum absolute atomic E-state index is 0.339. The summed E-state index contributed by atoms with van der Waals surface area (Å²) in [5.74, 6) is 2.08. The second-order valence-electron chi connectivity index (χ2n) is 3.54. The number of benzene rings is 1. The first kappa shape index (κ1) is 12.3. The van der Waals surface area contributed by atoms with Crippen molar-refractivity contribution in [3.8, 4) is 12.3 Å². The number of hydrazone groups is 1. The minimum Gasteiger partial charge on any atom is -0.253 e. The SMILES string of the molecule is C#Cc1ccc(F)c(C=NNc2nc(C)cs2)c1. The van der Waals surface area contributed by atoms with Gasteiger partial charge in [-0.1, -0.05) is 5.92 Å². The molecule has 1 aromatic carbocycles. The first-order chi connectivity index (χ1) is 8.69. The molecular weight excluding hydrogens is 249 g/mol. The molecule has 1 heterocycles. The Morgan fingerprint density at radius 3 is 3.06 bits per heavy atom. The standard InChI is InChI=1S/C13H10FN3S/c1-3-10-4-5-12(14)11(6-10)7-15-17-13-16-9(2)8-18-13/h1,4-8H,2H3,(H,16,17). The predicted molar refractivity (Wildman–Crippen MR) is 72.4 cm³/mol. The Labute approximate surface area is 108 Å². The Kier molecular flexibility index (Phi) is 3.70. The van der Waals surface area contributed by atoms with Crippen molar-refractivity contribution in [3.63, 3.8) is 0 Å². The van der Waals surface area contributed by atoms with Crippen LogP contribution in [0.25, 0.3) is 0 Å². The van der Waals surface area contributed by atoms with Crippen LogP contribution in [0.15, 0.2) is 28.7 Å². The lowest BCUT2D eigenvalue weighted by Gasteiger charge is -1.98. The molecule has 2 rings (SSSR count). The van der Waals surface area contributed by atoms with Gasteiger partial charge in [-0.2, -0.15) is 5.10 Å². The molecule has 0 bridgehead atoms. The summed E-state index contributed by atoms with van der Waals surface area (Å²) in [5, 5.41) is 6.49. The lowest BCUT2D eigenvalue weighted by molar-refractivity contribution is 0.626. The predicted octanol–water partition coefficient (Wildman–Crippen LogP) is 3.02. The van der Waals surface area contributed by atoms with E-state index in [9.17, 15) is 4.39 Å². The fourth-order valence-electron chi connectivity index (χ4n) is 1.29. The lowest BCUT2D eigenvalue weighted by atomic mass is 10.1. The van der Waals surface area contributed by atoms with Crippen LogP contribution in [0.1, 0.15) is 16.8 Å². The zero-order valence-corrected chi connectivity index (χ0v) is 10.5. The molecule has 0 aliphatic rings. The molecule has 2 aromatic rings. The number of terminal acetylenes is 1. The van der Waals surface area contributed by atoms with Crippen molar-refractivity contribution >= 4 is 22.7 Å². The van der Waals surface area contributed by atoms with Crippen molar-refractivity contribution < 1.29 is 4.39 Å². The number of hydrogen-bond donors (Lipinski definition) is 1. The Hall–Kier alpha value is -2.19. The zero-order valence-electron chi connectivity index (χ0n) is 9.64. The second-order valence-corrected chi connectivity index (χ2v) is 4.40. The third-order valence-corrected chi connectivity index (χ3v) is 3.01. The molecule has 0 unspecified atom stereocenters. The van der Waals surface area contributed by atoms with Crippen LogP contribution in [0, 0.1) is 25.1 Å². The molecule has 0 aliphatic heterocycles. The summed E-state index contributed by atoms with van der Waals surface area (Å²) in [6.07, 6.45) is 6.63. The molecular formula is C13H10FN3S. The average Bonchev–Trinajstić information content (AvgIpc) is 2.77. The van der Waals surface area contributed by atoms with Gasteiger partial charge >= 0.3 is 0 Å². The molecule has 5 heteroatoms. The summed E-state index contributed by atoms with van der Waals surface area (Å²) in [7, 11) is 0. The Morgan fingerprint density at radius 2 is 2.39 bits per heavy atom. The number of halogens is 1. The van der Waals surface area contributed by atoms with Crippen LogP contribution in [-0.2, 0) is 0 Å². The van der Waals surface area contributed by atoms with E-state index in [1.54, 1.807) is 12.1 Å². The summed E-state index contributed by atoms with van der Waals surface area (Å²) >= 11 is 1.43. The molecule has 0 saturated carbocycles. The maximum Gasteiger partial charge on any atom is 0.203 e. The van der Waals surface area contributed by atoms with E-state index < -0.39 is 0 Å². The van der Waals surface area contributed by atoms with Crippen molar-refractivity contribution in [2.75, 3.05) is 5.43 Å². The smallest absolute Gasteiger partial charge is 0.203 e. The quantitative estimate of drug-likeness (QED) is 0.522. The van der Waals surface area contributed by atoms with Crippen LogP contribution in [0.4, 0.5) is 9.52 Å². The second kappa shape index (κ2) is 5.43. The number of nitrogens with zero attached hydrogens (tertiary/aromatic N) is 2. The number of anilines is 1. The Morgan fingerprint density at radius 1 is 1.56 bits per heavy atom. The maximum atomic E-state index is 13.4. The lowest BCUT2D eigenvalue weighted by Crippen LogP contribution is -1.93. The number of aromatic nitrogens is 1. The Balaban J connectivity index is 2.11. The third-order valence-electron chi connectivity index (χ3n) is 2.15. The number of hydrogen-bond acceptors (Lipinski definition) is 4. The van der Waals surface area contributed by atoms with Gasteiger partial charge in [-0.25, -0.2) is 9.37 Å². The summed E-state index contributed by atoms with van der Waals surface area (Å²) in [6, 6.07) is 4.43. The molecule has 0 amide bonds. The van der Waals surface area contributed by atoms with Gasteiger partial charge in [0.1, 0.15) is 5.82 Å². The van der Waals surface area contributed by atoms with Crippen LogP contribution < -0.4 is 5.43 Å². The van der Waals surface area contributed by atoms with Crippen molar-refractivity contribution in [2.45, 2.75) is 6.92 Å². The van der Waals surface area contributed by atoms with E-state index in [-0.39, 0.29) is 5.82 Å². The molecule has 0 radical (unpaired) electrons. The van der Waals surface area contributed by atoms with Crippen LogP contribution in [0.2, 0.25) is 0 Å². The van der Waals surface area contributed by atoms with E-state index in [4.69, 9.17) is 6.42 Å². The number of nitrogens with one attached hydrogen (secondary N) is 1. The Bertz CT molecular complexity index is 625. The van der Waals surface area contributed by atoms with E-state index in [0.717, 1.165) is 5.69 Å². The van der Waals surface area contributed by atoms with Crippen LogP contribution in [-0.4, -0.2) is 11.2 Å². The molecule has 0 saturated heterocycles. The zero-order chi connectivity index (χ0) is 13.0. The monoisotopic (exact) mass is 259 g/mol. The molecule has 3 nitrogen and oxygen atoms in total. The summed E-state index contributed by atoms with van der Waals surface area (Å²) < 4.78 is 13.4. The fourth-order valence-corrected chi connectivity index (χ4v) is 1.93. The van der Waals surface area contributed by atoms with Crippen LogP contribution in [0.3, 0.4) is 0 Å². The number of thiazole rings is 1. The van der Waals surface area contributed by atoms with Crippen molar-refractivity contribution in [1.82, 2.24) is 4.98 Å². The number of aryl methyl sites for hydroxylation is 1. The molecule has 0 aliphatic carbocycles. The van der Waals surface area contributed by atoms with Gasteiger partial charge in [-0.15, -0.1) is 17.8 Å².